The van der Waals surface area contributed by atoms with Gasteiger partial charge < -0.3 is 5.32 Å². The van der Waals surface area contributed by atoms with Gasteiger partial charge in [-0.2, -0.15) is 0 Å². The Morgan fingerprint density at radius 3 is 2.20 bits per heavy atom. The van der Waals surface area contributed by atoms with Gasteiger partial charge in [0.25, 0.3) is 15.9 Å². The molecule has 0 radical (unpaired) electrons. The number of rotatable bonds is 5. The predicted octanol–water partition coefficient (Wildman–Crippen LogP) is 4.23. The molecule has 30 heavy (non-hydrogen) atoms. The van der Waals surface area contributed by atoms with E-state index < -0.39 is 10.0 Å². The van der Waals surface area contributed by atoms with Gasteiger partial charge in [-0.25, -0.2) is 8.42 Å². The second kappa shape index (κ2) is 9.06. The van der Waals surface area contributed by atoms with Gasteiger partial charge in [-0.3, -0.25) is 14.8 Å². The number of hydrogen-bond donors (Lipinski definition) is 3. The van der Waals surface area contributed by atoms with E-state index in [1.165, 1.54) is 12.1 Å². The number of anilines is 2. The lowest BCUT2D eigenvalue weighted by molar-refractivity contribution is 0.0977. The van der Waals surface area contributed by atoms with E-state index in [1.54, 1.807) is 42.5 Å². The topological polar surface area (TPSA) is 87.3 Å². The molecule has 8 heteroatoms. The van der Waals surface area contributed by atoms with Crippen LogP contribution in [0.3, 0.4) is 0 Å². The highest BCUT2D eigenvalue weighted by Gasteiger charge is 2.15. The molecule has 0 atom stereocenters. The van der Waals surface area contributed by atoms with Crippen molar-refractivity contribution in [2.75, 3.05) is 10.0 Å². The summed E-state index contributed by atoms with van der Waals surface area (Å²) in [4.78, 5) is 12.2. The largest absolute Gasteiger partial charge is 0.332 e. The zero-order valence-electron chi connectivity index (χ0n) is 16.5. The average Bonchev–Trinajstić information content (AvgIpc) is 2.71. The summed E-state index contributed by atoms with van der Waals surface area (Å²) in [6, 6.07) is 20.3. The van der Waals surface area contributed by atoms with E-state index in [2.05, 4.69) is 15.4 Å². The molecule has 0 heterocycles. The molecule has 0 unspecified atom stereocenters. The first kappa shape index (κ1) is 21.5. The van der Waals surface area contributed by atoms with Crippen molar-refractivity contribution in [1.29, 1.82) is 0 Å². The Bertz CT molecular complexity index is 1180. The van der Waals surface area contributed by atoms with Crippen LogP contribution in [0.1, 0.15) is 21.5 Å². The molecule has 1 amide bonds. The van der Waals surface area contributed by atoms with Crippen LogP contribution in [0.5, 0.6) is 0 Å². The number of thiocarbonyl (C=S) groups is 1. The molecule has 0 aliphatic heterocycles. The van der Waals surface area contributed by atoms with E-state index in [-0.39, 0.29) is 15.9 Å². The van der Waals surface area contributed by atoms with Crippen molar-refractivity contribution in [2.24, 2.45) is 0 Å². The summed E-state index contributed by atoms with van der Waals surface area (Å²) >= 11 is 5.16. The van der Waals surface area contributed by atoms with Gasteiger partial charge in [0, 0.05) is 11.3 Å². The van der Waals surface area contributed by atoms with Gasteiger partial charge >= 0.3 is 0 Å². The third-order valence-electron chi connectivity index (χ3n) is 4.31. The second-order valence-electron chi connectivity index (χ2n) is 6.72. The molecule has 6 nitrogen and oxygen atoms in total. The molecule has 0 saturated carbocycles. The molecular formula is C22H21N3O3S2. The van der Waals surface area contributed by atoms with Crippen LogP contribution in [0.4, 0.5) is 11.4 Å². The summed E-state index contributed by atoms with van der Waals surface area (Å²) in [5.74, 6) is -0.329. The Kier molecular flexibility index (Phi) is 6.49. The van der Waals surface area contributed by atoms with Crippen molar-refractivity contribution >= 4 is 44.6 Å². The highest BCUT2D eigenvalue weighted by atomic mass is 32.2. The standard InChI is InChI=1S/C22H21N3O3S2/c1-15-8-13-20(16(2)14-15)25-30(27,28)19-11-9-18(10-12-19)23-22(29)24-21(26)17-6-4-3-5-7-17/h3-14,25H,1-2H3,(H2,23,24,26,29). The van der Waals surface area contributed by atoms with Crippen LogP contribution in [0.2, 0.25) is 0 Å². The van der Waals surface area contributed by atoms with E-state index >= 15 is 0 Å². The number of amides is 1. The first-order valence-electron chi connectivity index (χ1n) is 9.12. The van der Waals surface area contributed by atoms with Crippen molar-refractivity contribution < 1.29 is 13.2 Å². The van der Waals surface area contributed by atoms with Crippen molar-refractivity contribution in [2.45, 2.75) is 18.7 Å². The summed E-state index contributed by atoms with van der Waals surface area (Å²) < 4.78 is 27.9. The summed E-state index contributed by atoms with van der Waals surface area (Å²) in [6.07, 6.45) is 0. The molecule has 3 aromatic rings. The van der Waals surface area contributed by atoms with Crippen LogP contribution in [0.25, 0.3) is 0 Å². The van der Waals surface area contributed by atoms with Crippen molar-refractivity contribution in [3.63, 3.8) is 0 Å². The van der Waals surface area contributed by atoms with Gasteiger partial charge in [0.2, 0.25) is 0 Å². The minimum Gasteiger partial charge on any atom is -0.332 e. The lowest BCUT2D eigenvalue weighted by atomic mass is 10.1. The fourth-order valence-electron chi connectivity index (χ4n) is 2.78. The van der Waals surface area contributed by atoms with Gasteiger partial charge in [-0.15, -0.1) is 0 Å². The second-order valence-corrected chi connectivity index (χ2v) is 8.81. The summed E-state index contributed by atoms with van der Waals surface area (Å²) in [6.45, 7) is 3.80. The Hall–Kier alpha value is -3.23. The smallest absolute Gasteiger partial charge is 0.261 e. The number of carbonyl (C=O) groups excluding carboxylic acids is 1. The first-order chi connectivity index (χ1) is 14.2. The molecule has 0 aliphatic carbocycles. The van der Waals surface area contributed by atoms with Crippen molar-refractivity contribution in [1.82, 2.24) is 5.32 Å². The van der Waals surface area contributed by atoms with E-state index in [1.807, 2.05) is 32.0 Å². The molecule has 0 aliphatic rings. The Labute approximate surface area is 181 Å². The Balaban J connectivity index is 1.65. The van der Waals surface area contributed by atoms with Crippen molar-refractivity contribution in [3.05, 3.63) is 89.5 Å². The number of benzene rings is 3. The minimum absolute atomic E-state index is 0.118. The zero-order chi connectivity index (χ0) is 21.7. The fourth-order valence-corrected chi connectivity index (χ4v) is 4.12. The lowest BCUT2D eigenvalue weighted by Crippen LogP contribution is -2.34. The Morgan fingerprint density at radius 1 is 0.900 bits per heavy atom. The van der Waals surface area contributed by atoms with Crippen molar-refractivity contribution in [3.8, 4) is 0 Å². The third kappa shape index (κ3) is 5.43. The van der Waals surface area contributed by atoms with Crippen LogP contribution >= 0.6 is 12.2 Å². The van der Waals surface area contributed by atoms with Crippen LogP contribution in [-0.2, 0) is 10.0 Å². The van der Waals surface area contributed by atoms with Gasteiger partial charge in [-0.05, 0) is 74.1 Å². The highest BCUT2D eigenvalue weighted by Crippen LogP contribution is 2.21. The maximum atomic E-state index is 12.7. The van der Waals surface area contributed by atoms with Crippen LogP contribution in [0, 0.1) is 13.8 Å². The molecule has 3 rings (SSSR count). The molecular weight excluding hydrogens is 418 g/mol. The van der Waals surface area contributed by atoms with E-state index in [4.69, 9.17) is 12.2 Å². The molecule has 0 bridgehead atoms. The normalized spacial score (nSPS) is 10.9. The summed E-state index contributed by atoms with van der Waals surface area (Å²) in [5, 5.41) is 5.57. The predicted molar refractivity (Wildman–Crippen MR) is 123 cm³/mol. The van der Waals surface area contributed by atoms with Crippen LogP contribution in [-0.4, -0.2) is 19.4 Å². The van der Waals surface area contributed by atoms with Crippen LogP contribution < -0.4 is 15.4 Å². The molecule has 3 aromatic carbocycles. The molecule has 154 valence electrons. The molecule has 0 saturated heterocycles. The van der Waals surface area contributed by atoms with E-state index in [9.17, 15) is 13.2 Å². The van der Waals surface area contributed by atoms with Crippen LogP contribution in [0.15, 0.2) is 77.7 Å². The van der Waals surface area contributed by atoms with Gasteiger partial charge in [-0.1, -0.05) is 35.9 Å². The van der Waals surface area contributed by atoms with Gasteiger partial charge in [0.1, 0.15) is 0 Å². The Morgan fingerprint density at radius 2 is 1.57 bits per heavy atom. The van der Waals surface area contributed by atoms with E-state index in [0.717, 1.165) is 11.1 Å². The number of carbonyl (C=O) groups is 1. The molecule has 3 N–H and O–H groups in total. The molecule has 0 spiro atoms. The minimum atomic E-state index is -3.73. The number of aryl methyl sites for hydroxylation is 2. The zero-order valence-corrected chi connectivity index (χ0v) is 18.1. The monoisotopic (exact) mass is 439 g/mol. The summed E-state index contributed by atoms with van der Waals surface area (Å²) in [7, 11) is -3.73. The first-order valence-corrected chi connectivity index (χ1v) is 11.0. The summed E-state index contributed by atoms with van der Waals surface area (Å²) in [5.41, 5.74) is 3.48. The quantitative estimate of drug-likeness (QED) is 0.518. The maximum absolute atomic E-state index is 12.7. The average molecular weight is 440 g/mol. The molecule has 0 fully saturated rings. The lowest BCUT2D eigenvalue weighted by Gasteiger charge is -2.12. The number of hydrogen-bond acceptors (Lipinski definition) is 4. The highest BCUT2D eigenvalue weighted by molar-refractivity contribution is 7.92. The number of sulfonamides is 1. The SMILES string of the molecule is Cc1ccc(NS(=O)(=O)c2ccc(NC(=S)NC(=O)c3ccccc3)cc2)c(C)c1. The van der Waals surface area contributed by atoms with E-state index in [0.29, 0.717) is 16.9 Å². The maximum Gasteiger partial charge on any atom is 0.261 e. The van der Waals surface area contributed by atoms with Gasteiger partial charge in [0.15, 0.2) is 5.11 Å². The third-order valence-corrected chi connectivity index (χ3v) is 5.90. The number of nitrogens with one attached hydrogen (secondary N) is 3. The van der Waals surface area contributed by atoms with Gasteiger partial charge in [0.05, 0.1) is 10.6 Å². The molecule has 0 aromatic heterocycles. The fraction of sp³-hybridized carbons (Fsp3) is 0.0909.